The second-order valence-electron chi connectivity index (χ2n) is 10.2. The number of benzene rings is 2. The molecule has 0 aliphatic carbocycles. The molecule has 3 N–H and O–H groups in total. The number of hydrogen-bond donors (Lipinski definition) is 3. The molecule has 1 unspecified atom stereocenters. The molecule has 2 atom stereocenters. The average Bonchev–Trinajstić information content (AvgIpc) is 3.70. The van der Waals surface area contributed by atoms with Gasteiger partial charge >= 0.3 is 0 Å². The second-order valence-corrected chi connectivity index (χ2v) is 10.2. The SMILES string of the molecule is O=c1cc(C2CCCN2)[nH]c2cc(-c3ccc4cc(C5=CN=C([C@@H]6CCCN6)C5)ccc4c3)cnc12. The van der Waals surface area contributed by atoms with Crippen molar-refractivity contribution in [3.05, 3.63) is 82.4 Å². The van der Waals surface area contributed by atoms with Crippen LogP contribution >= 0.6 is 0 Å². The molecule has 0 spiro atoms. The van der Waals surface area contributed by atoms with Crippen molar-refractivity contribution < 1.29 is 0 Å². The van der Waals surface area contributed by atoms with Crippen molar-refractivity contribution in [1.82, 2.24) is 20.6 Å². The summed E-state index contributed by atoms with van der Waals surface area (Å²) in [5.41, 5.74) is 8.10. The average molecular weight is 476 g/mol. The molecule has 2 saturated heterocycles. The summed E-state index contributed by atoms with van der Waals surface area (Å²) in [6, 6.07) is 17.6. The third-order valence-corrected chi connectivity index (χ3v) is 7.89. The predicted molar refractivity (Wildman–Crippen MR) is 146 cm³/mol. The van der Waals surface area contributed by atoms with E-state index in [0.29, 0.717) is 11.6 Å². The fourth-order valence-corrected chi connectivity index (χ4v) is 5.88. The summed E-state index contributed by atoms with van der Waals surface area (Å²) in [7, 11) is 0. The normalized spacial score (nSPS) is 21.9. The molecule has 5 heterocycles. The van der Waals surface area contributed by atoms with Gasteiger partial charge in [-0.05, 0) is 84.4 Å². The molecular formula is C30H29N5O. The highest BCUT2D eigenvalue weighted by Crippen LogP contribution is 2.31. The minimum absolute atomic E-state index is 0.0258. The number of nitrogens with one attached hydrogen (secondary N) is 3. The zero-order chi connectivity index (χ0) is 24.1. The number of aliphatic imine (C=N–C) groups is 1. The molecular weight excluding hydrogens is 446 g/mol. The lowest BCUT2D eigenvalue weighted by atomic mass is 9.95. The quantitative estimate of drug-likeness (QED) is 0.383. The van der Waals surface area contributed by atoms with Crippen LogP contribution in [0.25, 0.3) is 38.5 Å². The van der Waals surface area contributed by atoms with E-state index in [0.717, 1.165) is 54.7 Å². The maximum absolute atomic E-state index is 12.7. The number of allylic oxidation sites excluding steroid dienone is 1. The summed E-state index contributed by atoms with van der Waals surface area (Å²) in [6.07, 6.45) is 9.38. The Morgan fingerprint density at radius 1 is 0.806 bits per heavy atom. The van der Waals surface area contributed by atoms with Crippen molar-refractivity contribution in [2.75, 3.05) is 13.1 Å². The van der Waals surface area contributed by atoms with Crippen LogP contribution in [-0.4, -0.2) is 34.8 Å². The Morgan fingerprint density at radius 3 is 2.33 bits per heavy atom. The van der Waals surface area contributed by atoms with Gasteiger partial charge in [-0.3, -0.25) is 9.79 Å². The molecule has 180 valence electrons. The third kappa shape index (κ3) is 3.87. The van der Waals surface area contributed by atoms with E-state index in [1.165, 1.54) is 40.5 Å². The first kappa shape index (κ1) is 21.7. The summed E-state index contributed by atoms with van der Waals surface area (Å²) in [5.74, 6) is 0. The second kappa shape index (κ2) is 8.80. The molecule has 0 bridgehead atoms. The first-order valence-corrected chi connectivity index (χ1v) is 13.0. The van der Waals surface area contributed by atoms with Gasteiger partial charge in [0.25, 0.3) is 0 Å². The van der Waals surface area contributed by atoms with Gasteiger partial charge in [-0.2, -0.15) is 0 Å². The Balaban J connectivity index is 1.18. The first-order valence-electron chi connectivity index (χ1n) is 13.0. The van der Waals surface area contributed by atoms with Gasteiger partial charge in [0.15, 0.2) is 0 Å². The van der Waals surface area contributed by atoms with E-state index >= 15 is 0 Å². The number of pyridine rings is 2. The van der Waals surface area contributed by atoms with Gasteiger partial charge in [0.1, 0.15) is 5.52 Å². The van der Waals surface area contributed by atoms with E-state index in [4.69, 9.17) is 4.99 Å². The highest BCUT2D eigenvalue weighted by atomic mass is 16.1. The van der Waals surface area contributed by atoms with E-state index < -0.39 is 0 Å². The van der Waals surface area contributed by atoms with Gasteiger partial charge in [0, 0.05) is 53.9 Å². The molecule has 36 heavy (non-hydrogen) atoms. The summed E-state index contributed by atoms with van der Waals surface area (Å²) < 4.78 is 0. The topological polar surface area (TPSA) is 82.2 Å². The van der Waals surface area contributed by atoms with Crippen LogP contribution in [-0.2, 0) is 0 Å². The van der Waals surface area contributed by atoms with E-state index in [1.807, 2.05) is 6.20 Å². The number of aromatic amines is 1. The minimum Gasteiger partial charge on any atom is -0.356 e. The van der Waals surface area contributed by atoms with Crippen LogP contribution in [0.2, 0.25) is 0 Å². The monoisotopic (exact) mass is 475 g/mol. The number of H-pyrrole nitrogens is 1. The molecule has 3 aliphatic heterocycles. The van der Waals surface area contributed by atoms with Gasteiger partial charge in [-0.1, -0.05) is 24.3 Å². The number of nitrogens with zero attached hydrogens (tertiary/aromatic N) is 2. The standard InChI is InChI=1S/C30H29N5O/c36-29-15-27(25-4-2-10-32-25)35-28-14-23(17-34-30(28)29)21-8-6-18-11-20(7-5-19(18)12-21)22-13-26(33-16-22)24-3-1-9-31-24/h5-8,11-12,14-17,24-25,31-32H,1-4,9-10,13H2,(H,35,36)/t24-,25?/m0/s1. The zero-order valence-electron chi connectivity index (χ0n) is 20.2. The Labute approximate surface area is 209 Å². The molecule has 4 aromatic rings. The van der Waals surface area contributed by atoms with Gasteiger partial charge in [0.2, 0.25) is 5.43 Å². The van der Waals surface area contributed by atoms with Gasteiger partial charge in [-0.15, -0.1) is 0 Å². The number of rotatable bonds is 4. The van der Waals surface area contributed by atoms with Gasteiger partial charge in [0.05, 0.1) is 5.52 Å². The molecule has 7 rings (SSSR count). The van der Waals surface area contributed by atoms with Crippen molar-refractivity contribution in [1.29, 1.82) is 0 Å². The van der Waals surface area contributed by atoms with Crippen LogP contribution < -0.4 is 16.1 Å². The van der Waals surface area contributed by atoms with Crippen LogP contribution in [0.4, 0.5) is 0 Å². The lowest BCUT2D eigenvalue weighted by Gasteiger charge is -2.12. The summed E-state index contributed by atoms with van der Waals surface area (Å²) >= 11 is 0. The van der Waals surface area contributed by atoms with Crippen molar-refractivity contribution in [2.45, 2.75) is 44.2 Å². The summed E-state index contributed by atoms with van der Waals surface area (Å²) in [4.78, 5) is 25.4. The largest absolute Gasteiger partial charge is 0.356 e. The molecule has 0 radical (unpaired) electrons. The highest BCUT2D eigenvalue weighted by molar-refractivity contribution is 6.02. The van der Waals surface area contributed by atoms with E-state index in [-0.39, 0.29) is 11.5 Å². The first-order chi connectivity index (χ1) is 17.7. The van der Waals surface area contributed by atoms with Crippen molar-refractivity contribution >= 4 is 33.1 Å². The Kier molecular flexibility index (Phi) is 5.29. The van der Waals surface area contributed by atoms with Crippen molar-refractivity contribution in [3.8, 4) is 11.1 Å². The predicted octanol–water partition coefficient (Wildman–Crippen LogP) is 5.11. The number of hydrogen-bond acceptors (Lipinski definition) is 5. The lowest BCUT2D eigenvalue weighted by molar-refractivity contribution is 0.630. The third-order valence-electron chi connectivity index (χ3n) is 7.89. The lowest BCUT2D eigenvalue weighted by Crippen LogP contribution is -2.29. The molecule has 3 aliphatic rings. The maximum Gasteiger partial charge on any atom is 0.208 e. The van der Waals surface area contributed by atoms with Crippen LogP contribution in [0.1, 0.15) is 49.4 Å². The molecule has 2 aromatic carbocycles. The van der Waals surface area contributed by atoms with E-state index in [9.17, 15) is 4.79 Å². The van der Waals surface area contributed by atoms with Gasteiger partial charge < -0.3 is 15.6 Å². The van der Waals surface area contributed by atoms with E-state index in [1.54, 1.807) is 12.3 Å². The van der Waals surface area contributed by atoms with Crippen LogP contribution in [0.5, 0.6) is 0 Å². The number of aromatic nitrogens is 2. The molecule has 6 heteroatoms. The van der Waals surface area contributed by atoms with Crippen molar-refractivity contribution in [3.63, 3.8) is 0 Å². The zero-order valence-corrected chi connectivity index (χ0v) is 20.2. The highest BCUT2D eigenvalue weighted by Gasteiger charge is 2.24. The van der Waals surface area contributed by atoms with E-state index in [2.05, 4.69) is 63.1 Å². The smallest absolute Gasteiger partial charge is 0.208 e. The van der Waals surface area contributed by atoms with Crippen molar-refractivity contribution in [2.24, 2.45) is 4.99 Å². The van der Waals surface area contributed by atoms with Crippen LogP contribution in [0.15, 0.2) is 70.7 Å². The summed E-state index contributed by atoms with van der Waals surface area (Å²) in [6.45, 7) is 2.09. The van der Waals surface area contributed by atoms with Crippen LogP contribution in [0.3, 0.4) is 0 Å². The number of fused-ring (bicyclic) bond motifs is 2. The fraction of sp³-hybridized carbons (Fsp3) is 0.300. The fourth-order valence-electron chi connectivity index (χ4n) is 5.88. The van der Waals surface area contributed by atoms with Crippen LogP contribution in [0, 0.1) is 0 Å². The minimum atomic E-state index is -0.0258. The molecule has 6 nitrogen and oxygen atoms in total. The molecule has 0 saturated carbocycles. The Bertz CT molecular complexity index is 1600. The maximum atomic E-state index is 12.7. The molecule has 0 amide bonds. The summed E-state index contributed by atoms with van der Waals surface area (Å²) in [5, 5.41) is 9.42. The molecule has 2 aromatic heterocycles. The van der Waals surface area contributed by atoms with Gasteiger partial charge in [-0.25, -0.2) is 4.98 Å². The Hall–Kier alpha value is -3.61. The Morgan fingerprint density at radius 2 is 1.56 bits per heavy atom. The molecule has 2 fully saturated rings.